The molecule has 0 amide bonds. The molecule has 1 unspecified atom stereocenters. The number of Topliss-reactive ketones (excluding diaryl/α,β-unsaturated/α-hetero) is 1. The minimum absolute atomic E-state index is 0.0822. The van der Waals surface area contributed by atoms with Crippen LogP contribution in [0.4, 0.5) is 0 Å². The molecule has 25 heavy (non-hydrogen) atoms. The Labute approximate surface area is 155 Å². The van der Waals surface area contributed by atoms with E-state index in [-0.39, 0.29) is 5.92 Å². The van der Waals surface area contributed by atoms with Gasteiger partial charge in [0.25, 0.3) is 0 Å². The van der Waals surface area contributed by atoms with E-state index < -0.39 is 0 Å². The molecule has 0 saturated carbocycles. The van der Waals surface area contributed by atoms with Gasteiger partial charge in [0, 0.05) is 5.92 Å². The van der Waals surface area contributed by atoms with Crippen molar-refractivity contribution in [2.24, 2.45) is 5.92 Å². The van der Waals surface area contributed by atoms with Crippen molar-refractivity contribution in [1.82, 2.24) is 0 Å². The summed E-state index contributed by atoms with van der Waals surface area (Å²) in [5.41, 5.74) is 1.17. The zero-order valence-corrected chi connectivity index (χ0v) is 16.5. The lowest BCUT2D eigenvalue weighted by Gasteiger charge is -2.09. The number of benzene rings is 1. The second-order valence-electron chi connectivity index (χ2n) is 7.31. The normalized spacial score (nSPS) is 12.6. The Hall–Kier alpha value is -1.37. The number of carbonyl (C=O) groups is 1. The second-order valence-corrected chi connectivity index (χ2v) is 7.31. The first-order chi connectivity index (χ1) is 12.2. The van der Waals surface area contributed by atoms with Crippen molar-refractivity contribution >= 4 is 11.9 Å². The van der Waals surface area contributed by atoms with E-state index in [1.54, 1.807) is 6.92 Å². The number of unbranched alkanes of at least 4 members (excludes halogenated alkanes) is 10. The third-order valence-corrected chi connectivity index (χ3v) is 4.96. The number of ketones is 1. The van der Waals surface area contributed by atoms with Gasteiger partial charge in [-0.2, -0.15) is 0 Å². The molecule has 0 saturated heterocycles. The van der Waals surface area contributed by atoms with Crippen LogP contribution >= 0.6 is 0 Å². The van der Waals surface area contributed by atoms with E-state index in [2.05, 4.69) is 31.2 Å². The first kappa shape index (κ1) is 21.7. The van der Waals surface area contributed by atoms with Crippen LogP contribution in [0.25, 0.3) is 6.08 Å². The van der Waals surface area contributed by atoms with Crippen molar-refractivity contribution in [1.29, 1.82) is 0 Å². The highest BCUT2D eigenvalue weighted by Crippen LogP contribution is 2.17. The highest BCUT2D eigenvalue weighted by Gasteiger charge is 2.09. The van der Waals surface area contributed by atoms with Gasteiger partial charge in [-0.25, -0.2) is 0 Å². The summed E-state index contributed by atoms with van der Waals surface area (Å²) in [4.78, 5) is 11.8. The van der Waals surface area contributed by atoms with E-state index in [1.807, 2.05) is 18.2 Å². The predicted octanol–water partition coefficient (Wildman–Crippen LogP) is 7.61. The molecule has 0 radical (unpaired) electrons. The molecular weight excluding hydrogens is 304 g/mol. The average molecular weight is 343 g/mol. The topological polar surface area (TPSA) is 17.1 Å². The van der Waals surface area contributed by atoms with Gasteiger partial charge in [0.2, 0.25) is 0 Å². The molecule has 140 valence electrons. The molecule has 0 N–H and O–H groups in total. The fourth-order valence-corrected chi connectivity index (χ4v) is 3.25. The van der Waals surface area contributed by atoms with Gasteiger partial charge in [0.1, 0.15) is 5.78 Å². The maximum Gasteiger partial charge on any atom is 0.136 e. The zero-order chi connectivity index (χ0) is 18.2. The van der Waals surface area contributed by atoms with Crippen LogP contribution in [0, 0.1) is 5.92 Å². The quantitative estimate of drug-likeness (QED) is 0.300. The van der Waals surface area contributed by atoms with Gasteiger partial charge >= 0.3 is 0 Å². The number of hydrogen-bond acceptors (Lipinski definition) is 1. The minimum atomic E-state index is 0.0822. The average Bonchev–Trinajstić information content (AvgIpc) is 2.62. The van der Waals surface area contributed by atoms with Crippen LogP contribution in [-0.4, -0.2) is 5.78 Å². The van der Waals surface area contributed by atoms with Crippen molar-refractivity contribution < 1.29 is 4.79 Å². The van der Waals surface area contributed by atoms with Gasteiger partial charge in [-0.05, 0) is 18.9 Å². The van der Waals surface area contributed by atoms with Crippen LogP contribution in [-0.2, 0) is 4.79 Å². The van der Waals surface area contributed by atoms with Crippen LogP contribution in [0.5, 0.6) is 0 Å². The molecule has 0 aromatic heterocycles. The van der Waals surface area contributed by atoms with Crippen molar-refractivity contribution in [3.63, 3.8) is 0 Å². The summed E-state index contributed by atoms with van der Waals surface area (Å²) in [5.74, 6) is 0.373. The Morgan fingerprint density at radius 3 is 1.88 bits per heavy atom. The fourth-order valence-electron chi connectivity index (χ4n) is 3.25. The monoisotopic (exact) mass is 342 g/mol. The van der Waals surface area contributed by atoms with Crippen molar-refractivity contribution in [3.8, 4) is 0 Å². The van der Waals surface area contributed by atoms with Gasteiger partial charge in [-0.3, -0.25) is 4.79 Å². The Morgan fingerprint density at radius 2 is 1.36 bits per heavy atom. The summed E-state index contributed by atoms with van der Waals surface area (Å²) in [6, 6.07) is 10.2. The summed E-state index contributed by atoms with van der Waals surface area (Å²) in [7, 11) is 0. The third kappa shape index (κ3) is 11.8. The fraction of sp³-hybridized carbons (Fsp3) is 0.625. The van der Waals surface area contributed by atoms with E-state index in [0.717, 1.165) is 6.42 Å². The number of hydrogen-bond donors (Lipinski definition) is 0. The van der Waals surface area contributed by atoms with Crippen molar-refractivity contribution in [3.05, 3.63) is 42.0 Å². The molecule has 0 aliphatic heterocycles. The Morgan fingerprint density at radius 1 is 0.840 bits per heavy atom. The SMILES string of the molecule is CCCCCCCCCCCCCC(C=Cc1ccccc1)C(C)=O. The number of allylic oxidation sites excluding steroid dienone is 1. The van der Waals surface area contributed by atoms with Gasteiger partial charge in [-0.1, -0.05) is 120 Å². The molecule has 1 aromatic carbocycles. The molecule has 0 bridgehead atoms. The zero-order valence-electron chi connectivity index (χ0n) is 16.5. The minimum Gasteiger partial charge on any atom is -0.299 e. The molecule has 0 heterocycles. The number of carbonyl (C=O) groups excluding carboxylic acids is 1. The van der Waals surface area contributed by atoms with Gasteiger partial charge < -0.3 is 0 Å². The Kier molecular flexibility index (Phi) is 12.9. The lowest BCUT2D eigenvalue weighted by molar-refractivity contribution is -0.119. The maximum atomic E-state index is 11.8. The smallest absolute Gasteiger partial charge is 0.136 e. The number of rotatable bonds is 15. The third-order valence-electron chi connectivity index (χ3n) is 4.96. The van der Waals surface area contributed by atoms with Gasteiger partial charge in [0.15, 0.2) is 0 Å². The second kappa shape index (κ2) is 14.9. The van der Waals surface area contributed by atoms with Crippen LogP contribution in [0.15, 0.2) is 36.4 Å². The molecule has 1 nitrogen and oxygen atoms in total. The lowest BCUT2D eigenvalue weighted by atomic mass is 9.95. The van der Waals surface area contributed by atoms with E-state index in [0.29, 0.717) is 5.78 Å². The Bertz CT molecular complexity index is 460. The van der Waals surface area contributed by atoms with Gasteiger partial charge in [-0.15, -0.1) is 0 Å². The molecule has 0 spiro atoms. The van der Waals surface area contributed by atoms with E-state index in [9.17, 15) is 4.79 Å². The van der Waals surface area contributed by atoms with E-state index in [1.165, 1.54) is 76.2 Å². The summed E-state index contributed by atoms with van der Waals surface area (Å²) in [5, 5.41) is 0. The van der Waals surface area contributed by atoms with Crippen molar-refractivity contribution in [2.45, 2.75) is 90.9 Å². The van der Waals surface area contributed by atoms with Crippen LogP contribution < -0.4 is 0 Å². The molecule has 0 aliphatic rings. The standard InChI is InChI=1S/C24H38O/c1-3-4-5-6-7-8-9-10-11-12-16-19-24(22(2)25)21-20-23-17-14-13-15-18-23/h13-15,17-18,20-21,24H,3-12,16,19H2,1-2H3. The maximum absolute atomic E-state index is 11.8. The first-order valence-electron chi connectivity index (χ1n) is 10.5. The molecule has 1 heteroatoms. The molecule has 1 rings (SSSR count). The van der Waals surface area contributed by atoms with Crippen LogP contribution in [0.1, 0.15) is 96.5 Å². The highest BCUT2D eigenvalue weighted by molar-refractivity contribution is 5.81. The van der Waals surface area contributed by atoms with Crippen molar-refractivity contribution in [2.75, 3.05) is 0 Å². The Balaban J connectivity index is 2.08. The molecule has 1 aromatic rings. The van der Waals surface area contributed by atoms with Crippen LogP contribution in [0.2, 0.25) is 0 Å². The van der Waals surface area contributed by atoms with E-state index in [4.69, 9.17) is 0 Å². The largest absolute Gasteiger partial charge is 0.299 e. The molecule has 0 aliphatic carbocycles. The highest BCUT2D eigenvalue weighted by atomic mass is 16.1. The summed E-state index contributed by atoms with van der Waals surface area (Å²) in [6.45, 7) is 3.99. The summed E-state index contributed by atoms with van der Waals surface area (Å²) in [6.07, 6.45) is 20.1. The predicted molar refractivity (Wildman–Crippen MR) is 111 cm³/mol. The molecular formula is C24H38O. The van der Waals surface area contributed by atoms with Gasteiger partial charge in [0.05, 0.1) is 0 Å². The molecule has 0 fully saturated rings. The van der Waals surface area contributed by atoms with Crippen LogP contribution in [0.3, 0.4) is 0 Å². The van der Waals surface area contributed by atoms with E-state index >= 15 is 0 Å². The lowest BCUT2D eigenvalue weighted by Crippen LogP contribution is -2.07. The summed E-state index contributed by atoms with van der Waals surface area (Å²) >= 11 is 0. The summed E-state index contributed by atoms with van der Waals surface area (Å²) < 4.78 is 0. The molecule has 1 atom stereocenters. The first-order valence-corrected chi connectivity index (χ1v) is 10.5.